The maximum Gasteiger partial charge on any atom is 0.342 e. The lowest BCUT2D eigenvalue weighted by Crippen LogP contribution is -2.30. The van der Waals surface area contributed by atoms with Gasteiger partial charge < -0.3 is 19.9 Å². The summed E-state index contributed by atoms with van der Waals surface area (Å²) in [6, 6.07) is 7.48. The third-order valence-corrected chi connectivity index (χ3v) is 3.72. The van der Waals surface area contributed by atoms with Crippen LogP contribution in [0.3, 0.4) is 0 Å². The number of esters is 1. The average molecular weight is 395 g/mol. The van der Waals surface area contributed by atoms with E-state index >= 15 is 0 Å². The van der Waals surface area contributed by atoms with E-state index in [1.807, 2.05) is 0 Å². The summed E-state index contributed by atoms with van der Waals surface area (Å²) < 4.78 is 10.1. The fourth-order valence-corrected chi connectivity index (χ4v) is 2.26. The summed E-state index contributed by atoms with van der Waals surface area (Å²) in [5.74, 6) is -1.86. The number of phenolic OH excluding ortho intramolecular Hbond substituents is 1. The van der Waals surface area contributed by atoms with Gasteiger partial charge in [0.25, 0.3) is 11.6 Å². The molecule has 0 aromatic heterocycles. The second-order valence-electron chi connectivity index (χ2n) is 5.34. The number of hydrogen-bond acceptors (Lipinski definition) is 7. The number of rotatable bonds is 6. The highest BCUT2D eigenvalue weighted by Crippen LogP contribution is 2.29. The van der Waals surface area contributed by atoms with Crippen molar-refractivity contribution < 1.29 is 29.1 Å². The molecular weight excluding hydrogens is 380 g/mol. The van der Waals surface area contributed by atoms with Crippen molar-refractivity contribution in [3.05, 3.63) is 57.1 Å². The van der Waals surface area contributed by atoms with Crippen molar-refractivity contribution in [3.63, 3.8) is 0 Å². The summed E-state index contributed by atoms with van der Waals surface area (Å²) in [4.78, 5) is 34.7. The first-order chi connectivity index (χ1) is 12.7. The molecule has 0 radical (unpaired) electrons. The van der Waals surface area contributed by atoms with Gasteiger partial charge in [0.05, 0.1) is 17.7 Å². The second-order valence-corrected chi connectivity index (χ2v) is 5.78. The van der Waals surface area contributed by atoms with E-state index in [1.54, 1.807) is 0 Å². The number of aromatic hydroxyl groups is 1. The summed E-state index contributed by atoms with van der Waals surface area (Å²) in [6.45, 7) is 1.30. The third-order valence-electron chi connectivity index (χ3n) is 3.48. The summed E-state index contributed by atoms with van der Waals surface area (Å²) in [5.41, 5.74) is -0.403. The number of hydrogen-bond donors (Lipinski definition) is 2. The van der Waals surface area contributed by atoms with Crippen molar-refractivity contribution in [1.29, 1.82) is 0 Å². The Hall–Kier alpha value is -3.33. The maximum absolute atomic E-state index is 12.3. The molecule has 0 heterocycles. The van der Waals surface area contributed by atoms with Gasteiger partial charge in [-0.3, -0.25) is 14.9 Å². The molecule has 10 heteroatoms. The summed E-state index contributed by atoms with van der Waals surface area (Å²) in [5, 5.41) is 23.2. The Morgan fingerprint density at radius 1 is 1.26 bits per heavy atom. The first-order valence-electron chi connectivity index (χ1n) is 7.55. The quantitative estimate of drug-likeness (QED) is 0.437. The Bertz CT molecular complexity index is 901. The molecule has 2 rings (SSSR count). The molecule has 142 valence electrons. The van der Waals surface area contributed by atoms with E-state index < -0.39 is 22.9 Å². The lowest BCUT2D eigenvalue weighted by molar-refractivity contribution is -0.384. The lowest BCUT2D eigenvalue weighted by Gasteiger charge is -2.15. The van der Waals surface area contributed by atoms with Gasteiger partial charge >= 0.3 is 5.97 Å². The van der Waals surface area contributed by atoms with Crippen LogP contribution in [0.15, 0.2) is 36.4 Å². The van der Waals surface area contributed by atoms with Crippen LogP contribution in [0.1, 0.15) is 17.3 Å². The molecule has 1 amide bonds. The van der Waals surface area contributed by atoms with Crippen molar-refractivity contribution in [2.75, 3.05) is 12.4 Å². The van der Waals surface area contributed by atoms with E-state index in [9.17, 15) is 24.8 Å². The predicted molar refractivity (Wildman–Crippen MR) is 96.3 cm³/mol. The van der Waals surface area contributed by atoms with E-state index in [4.69, 9.17) is 21.1 Å². The number of carbonyl (C=O) groups excluding carboxylic acids is 2. The lowest BCUT2D eigenvalue weighted by atomic mass is 10.2. The number of nitrogens with zero attached hydrogens (tertiary/aromatic N) is 1. The molecule has 9 nitrogen and oxygen atoms in total. The molecule has 0 fully saturated rings. The Morgan fingerprint density at radius 3 is 2.59 bits per heavy atom. The van der Waals surface area contributed by atoms with Gasteiger partial charge in [-0.05, 0) is 31.2 Å². The number of carbonyl (C=O) groups is 2. The van der Waals surface area contributed by atoms with Crippen molar-refractivity contribution in [2.45, 2.75) is 13.0 Å². The fourth-order valence-electron chi connectivity index (χ4n) is 2.09. The fraction of sp³-hybridized carbons (Fsp3) is 0.176. The summed E-state index contributed by atoms with van der Waals surface area (Å²) >= 11 is 5.77. The van der Waals surface area contributed by atoms with Crippen LogP contribution >= 0.6 is 11.6 Å². The third kappa shape index (κ3) is 4.85. The van der Waals surface area contributed by atoms with Crippen LogP contribution < -0.4 is 10.1 Å². The molecule has 0 aliphatic rings. The molecule has 0 unspecified atom stereocenters. The minimum Gasteiger partial charge on any atom is -0.507 e. The number of ether oxygens (including phenoxy) is 2. The van der Waals surface area contributed by atoms with Crippen LogP contribution in [0.5, 0.6) is 11.5 Å². The van der Waals surface area contributed by atoms with Gasteiger partial charge in [-0.25, -0.2) is 4.79 Å². The number of amides is 1. The minimum atomic E-state index is -1.26. The van der Waals surface area contributed by atoms with Crippen molar-refractivity contribution in [3.8, 4) is 11.5 Å². The van der Waals surface area contributed by atoms with Crippen molar-refractivity contribution in [2.24, 2.45) is 0 Å². The Balaban J connectivity index is 2.14. The number of non-ortho nitro benzene ring substituents is 1. The Labute approximate surface area is 158 Å². The van der Waals surface area contributed by atoms with E-state index in [1.165, 1.54) is 44.4 Å². The van der Waals surface area contributed by atoms with Crippen molar-refractivity contribution >= 4 is 34.9 Å². The van der Waals surface area contributed by atoms with Gasteiger partial charge in [-0.15, -0.1) is 0 Å². The first-order valence-corrected chi connectivity index (χ1v) is 7.93. The molecule has 0 saturated carbocycles. The largest absolute Gasteiger partial charge is 0.507 e. The van der Waals surface area contributed by atoms with Gasteiger partial charge in [0, 0.05) is 17.2 Å². The number of nitro benzene ring substituents is 1. The molecule has 2 aromatic carbocycles. The second kappa shape index (κ2) is 8.37. The SMILES string of the molecule is COc1ccc([N+](=O)[O-])cc1NC(=O)[C@H](C)OC(=O)c1cc(Cl)ccc1O. The zero-order chi connectivity index (χ0) is 20.1. The van der Waals surface area contributed by atoms with Gasteiger partial charge in [0.15, 0.2) is 6.10 Å². The number of nitro groups is 1. The van der Waals surface area contributed by atoms with Gasteiger partial charge in [0.2, 0.25) is 0 Å². The van der Waals surface area contributed by atoms with Crippen LogP contribution in [-0.2, 0) is 9.53 Å². The van der Waals surface area contributed by atoms with E-state index in [2.05, 4.69) is 5.32 Å². The molecule has 27 heavy (non-hydrogen) atoms. The van der Waals surface area contributed by atoms with Crippen LogP contribution in [0, 0.1) is 10.1 Å². The van der Waals surface area contributed by atoms with Crippen LogP contribution in [0.4, 0.5) is 11.4 Å². The number of benzene rings is 2. The smallest absolute Gasteiger partial charge is 0.342 e. The number of nitrogens with one attached hydrogen (secondary N) is 1. The monoisotopic (exact) mass is 394 g/mol. The van der Waals surface area contributed by atoms with E-state index in [-0.39, 0.29) is 33.5 Å². The zero-order valence-electron chi connectivity index (χ0n) is 14.3. The van der Waals surface area contributed by atoms with Crippen molar-refractivity contribution in [1.82, 2.24) is 0 Å². The number of phenols is 1. The Morgan fingerprint density at radius 2 is 1.96 bits per heavy atom. The molecule has 2 N–H and O–H groups in total. The highest BCUT2D eigenvalue weighted by molar-refractivity contribution is 6.31. The molecular formula is C17H15ClN2O7. The molecule has 0 bridgehead atoms. The average Bonchev–Trinajstić information content (AvgIpc) is 2.63. The van der Waals surface area contributed by atoms with Gasteiger partial charge in [-0.1, -0.05) is 11.6 Å². The number of methoxy groups -OCH3 is 1. The predicted octanol–water partition coefficient (Wildman–Crippen LogP) is 3.15. The number of anilines is 1. The minimum absolute atomic E-state index is 0.0465. The molecule has 0 aliphatic heterocycles. The Kier molecular flexibility index (Phi) is 6.19. The van der Waals surface area contributed by atoms with Gasteiger partial charge in [0.1, 0.15) is 17.1 Å². The molecule has 0 saturated heterocycles. The zero-order valence-corrected chi connectivity index (χ0v) is 15.0. The summed E-state index contributed by atoms with van der Waals surface area (Å²) in [7, 11) is 1.34. The van der Waals surface area contributed by atoms with Crippen LogP contribution in [0.25, 0.3) is 0 Å². The number of halogens is 1. The summed E-state index contributed by atoms with van der Waals surface area (Å²) in [6.07, 6.45) is -1.26. The molecule has 1 atom stereocenters. The maximum atomic E-state index is 12.3. The molecule has 0 aliphatic carbocycles. The topological polar surface area (TPSA) is 128 Å². The van der Waals surface area contributed by atoms with E-state index in [0.717, 1.165) is 6.07 Å². The van der Waals surface area contributed by atoms with Crippen LogP contribution in [-0.4, -0.2) is 35.1 Å². The molecule has 2 aromatic rings. The first kappa shape index (κ1) is 20.0. The van der Waals surface area contributed by atoms with Gasteiger partial charge in [-0.2, -0.15) is 0 Å². The normalized spacial score (nSPS) is 11.4. The highest BCUT2D eigenvalue weighted by Gasteiger charge is 2.23. The van der Waals surface area contributed by atoms with E-state index in [0.29, 0.717) is 0 Å². The highest BCUT2D eigenvalue weighted by atomic mass is 35.5. The molecule has 0 spiro atoms. The standard InChI is InChI=1S/C17H15ClN2O7/c1-9(27-17(23)12-7-10(18)3-5-14(12)21)16(22)19-13-8-11(20(24)25)4-6-15(13)26-2/h3-9,21H,1-2H3,(H,19,22)/t9-/m0/s1. The van der Waals surface area contributed by atoms with Crippen LogP contribution in [0.2, 0.25) is 5.02 Å².